The first kappa shape index (κ1) is 9.41. The molecule has 14 heavy (non-hydrogen) atoms. The van der Waals surface area contributed by atoms with Gasteiger partial charge >= 0.3 is 0 Å². The molecule has 0 amide bonds. The van der Waals surface area contributed by atoms with Gasteiger partial charge in [0.25, 0.3) is 0 Å². The van der Waals surface area contributed by atoms with E-state index in [-0.39, 0.29) is 0 Å². The van der Waals surface area contributed by atoms with Crippen molar-refractivity contribution in [3.05, 3.63) is 34.9 Å². The van der Waals surface area contributed by atoms with Crippen molar-refractivity contribution in [2.75, 3.05) is 0 Å². The Bertz CT molecular complexity index is 371. The lowest BCUT2D eigenvalue weighted by atomic mass is 9.81. The Labute approximate surface area is 83.6 Å². The van der Waals surface area contributed by atoms with Gasteiger partial charge in [0.05, 0.1) is 0 Å². The third-order valence-electron chi connectivity index (χ3n) is 2.90. The highest BCUT2D eigenvalue weighted by atomic mass is 16.3. The number of aryl methyl sites for hydroxylation is 2. The summed E-state index contributed by atoms with van der Waals surface area (Å²) >= 11 is 0. The van der Waals surface area contributed by atoms with Gasteiger partial charge in [-0.15, -0.1) is 0 Å². The summed E-state index contributed by atoms with van der Waals surface area (Å²) in [5, 5.41) is 9.85. The zero-order valence-corrected chi connectivity index (χ0v) is 8.29. The van der Waals surface area contributed by atoms with Crippen LogP contribution in [-0.4, -0.2) is 17.0 Å². The van der Waals surface area contributed by atoms with Gasteiger partial charge in [-0.1, -0.05) is 23.8 Å². The van der Waals surface area contributed by atoms with Crippen LogP contribution in [0.1, 0.15) is 23.1 Å². The summed E-state index contributed by atoms with van der Waals surface area (Å²) in [5.74, 6) is 0. The minimum atomic E-state index is -1.12. The fourth-order valence-corrected chi connectivity index (χ4v) is 2.03. The summed E-state index contributed by atoms with van der Waals surface area (Å²) in [6.45, 7) is 2.02. The second-order valence-corrected chi connectivity index (χ2v) is 4.17. The van der Waals surface area contributed by atoms with Crippen molar-refractivity contribution in [1.29, 1.82) is 0 Å². The van der Waals surface area contributed by atoms with Crippen LogP contribution >= 0.6 is 0 Å². The molecule has 0 saturated heterocycles. The molecule has 0 fully saturated rings. The summed E-state index contributed by atoms with van der Waals surface area (Å²) < 4.78 is 0. The first-order valence-corrected chi connectivity index (χ1v) is 4.90. The van der Waals surface area contributed by atoms with Gasteiger partial charge in [-0.2, -0.15) is 0 Å². The predicted octanol–water partition coefficient (Wildman–Crippen LogP) is 1.41. The van der Waals surface area contributed by atoms with Crippen molar-refractivity contribution in [3.63, 3.8) is 0 Å². The largest absolute Gasteiger partial charge is 0.382 e. The van der Waals surface area contributed by atoms with Crippen molar-refractivity contribution in [3.8, 4) is 0 Å². The molecule has 0 spiro atoms. The van der Waals surface area contributed by atoms with Crippen molar-refractivity contribution >= 4 is 6.29 Å². The van der Waals surface area contributed by atoms with Crippen LogP contribution in [0.2, 0.25) is 0 Å². The number of benzene rings is 1. The fourth-order valence-electron chi connectivity index (χ4n) is 2.03. The Morgan fingerprint density at radius 2 is 2.21 bits per heavy atom. The topological polar surface area (TPSA) is 37.3 Å². The quantitative estimate of drug-likeness (QED) is 0.680. The van der Waals surface area contributed by atoms with Crippen LogP contribution in [0.25, 0.3) is 0 Å². The monoisotopic (exact) mass is 190 g/mol. The number of rotatable bonds is 1. The molecule has 2 nitrogen and oxygen atoms in total. The van der Waals surface area contributed by atoms with E-state index in [1.165, 1.54) is 11.1 Å². The maximum absolute atomic E-state index is 10.7. The van der Waals surface area contributed by atoms with Crippen molar-refractivity contribution < 1.29 is 9.90 Å². The van der Waals surface area contributed by atoms with Gasteiger partial charge in [0, 0.05) is 6.42 Å². The number of fused-ring (bicyclic) bond motifs is 1. The Balaban J connectivity index is 2.38. The molecular formula is C12H14O2. The Morgan fingerprint density at radius 1 is 1.43 bits per heavy atom. The molecule has 0 aromatic heterocycles. The van der Waals surface area contributed by atoms with Crippen LogP contribution in [0.5, 0.6) is 0 Å². The fraction of sp³-hybridized carbons (Fsp3) is 0.417. The van der Waals surface area contributed by atoms with E-state index in [9.17, 15) is 9.90 Å². The van der Waals surface area contributed by atoms with Gasteiger partial charge in [0.1, 0.15) is 5.60 Å². The van der Waals surface area contributed by atoms with E-state index < -0.39 is 5.60 Å². The van der Waals surface area contributed by atoms with Crippen LogP contribution < -0.4 is 0 Å². The normalized spacial score (nSPS) is 25.6. The zero-order chi connectivity index (χ0) is 10.2. The minimum Gasteiger partial charge on any atom is -0.382 e. The molecule has 1 aliphatic rings. The Morgan fingerprint density at radius 3 is 2.93 bits per heavy atom. The van der Waals surface area contributed by atoms with Crippen LogP contribution in [0, 0.1) is 6.92 Å². The molecule has 1 aromatic carbocycles. The molecule has 0 radical (unpaired) electrons. The molecule has 1 N–H and O–H groups in total. The van der Waals surface area contributed by atoms with Crippen molar-refractivity contribution in [2.45, 2.75) is 31.8 Å². The number of carbonyl (C=O) groups is 1. The summed E-state index contributed by atoms with van der Waals surface area (Å²) in [5.41, 5.74) is 2.44. The second-order valence-electron chi connectivity index (χ2n) is 4.17. The molecule has 2 heteroatoms. The number of hydrogen-bond acceptors (Lipinski definition) is 2. The lowest BCUT2D eigenvalue weighted by Gasteiger charge is -2.28. The van der Waals surface area contributed by atoms with E-state index in [2.05, 4.69) is 18.2 Å². The van der Waals surface area contributed by atoms with E-state index in [1.807, 2.05) is 6.92 Å². The summed E-state index contributed by atoms with van der Waals surface area (Å²) in [4.78, 5) is 10.7. The summed E-state index contributed by atoms with van der Waals surface area (Å²) in [6.07, 6.45) is 2.49. The average Bonchev–Trinajstić information content (AvgIpc) is 2.17. The first-order chi connectivity index (χ1) is 6.63. The van der Waals surface area contributed by atoms with Gasteiger partial charge in [-0.3, -0.25) is 0 Å². The van der Waals surface area contributed by atoms with Gasteiger partial charge < -0.3 is 9.90 Å². The number of aldehydes is 1. The van der Waals surface area contributed by atoms with Crippen molar-refractivity contribution in [2.24, 2.45) is 0 Å². The summed E-state index contributed by atoms with van der Waals surface area (Å²) in [7, 11) is 0. The average molecular weight is 190 g/mol. The van der Waals surface area contributed by atoms with Gasteiger partial charge in [-0.05, 0) is 30.9 Å². The van der Waals surface area contributed by atoms with E-state index >= 15 is 0 Å². The highest BCUT2D eigenvalue weighted by Gasteiger charge is 2.31. The Kier molecular flexibility index (Phi) is 2.16. The van der Waals surface area contributed by atoms with Crippen LogP contribution in [0.4, 0.5) is 0 Å². The van der Waals surface area contributed by atoms with E-state index in [0.717, 1.165) is 12.0 Å². The van der Waals surface area contributed by atoms with E-state index in [4.69, 9.17) is 0 Å². The molecule has 1 unspecified atom stereocenters. The highest BCUT2D eigenvalue weighted by molar-refractivity contribution is 5.64. The lowest BCUT2D eigenvalue weighted by molar-refractivity contribution is -0.125. The molecule has 1 aliphatic carbocycles. The molecule has 0 bridgehead atoms. The molecular weight excluding hydrogens is 176 g/mol. The smallest absolute Gasteiger partial charge is 0.151 e. The molecule has 2 rings (SSSR count). The van der Waals surface area contributed by atoms with Crippen LogP contribution in [-0.2, 0) is 17.6 Å². The second kappa shape index (κ2) is 3.21. The standard InChI is InChI=1S/C12H14O2/c1-9-2-3-10-4-5-12(14,8-13)7-11(10)6-9/h2-3,6,8,14H,4-5,7H2,1H3. The molecule has 1 aromatic rings. The Hall–Kier alpha value is -1.15. The minimum absolute atomic E-state index is 0.466. The molecule has 0 aliphatic heterocycles. The van der Waals surface area contributed by atoms with Crippen LogP contribution in [0.15, 0.2) is 18.2 Å². The number of carbonyl (C=O) groups excluding carboxylic acids is 1. The van der Waals surface area contributed by atoms with E-state index in [0.29, 0.717) is 19.1 Å². The third kappa shape index (κ3) is 1.58. The first-order valence-electron chi connectivity index (χ1n) is 4.90. The van der Waals surface area contributed by atoms with E-state index in [1.54, 1.807) is 0 Å². The third-order valence-corrected chi connectivity index (χ3v) is 2.90. The molecule has 1 atom stereocenters. The van der Waals surface area contributed by atoms with Gasteiger partial charge in [-0.25, -0.2) is 0 Å². The number of aliphatic hydroxyl groups is 1. The van der Waals surface area contributed by atoms with Crippen molar-refractivity contribution in [1.82, 2.24) is 0 Å². The SMILES string of the molecule is Cc1ccc2c(c1)CC(O)(C=O)CC2. The van der Waals surface area contributed by atoms with Gasteiger partial charge in [0.2, 0.25) is 0 Å². The van der Waals surface area contributed by atoms with Gasteiger partial charge in [0.15, 0.2) is 6.29 Å². The maximum atomic E-state index is 10.7. The highest BCUT2D eigenvalue weighted by Crippen LogP contribution is 2.27. The molecule has 0 heterocycles. The van der Waals surface area contributed by atoms with Crippen LogP contribution in [0.3, 0.4) is 0 Å². The number of hydrogen-bond donors (Lipinski definition) is 1. The molecule has 0 saturated carbocycles. The lowest BCUT2D eigenvalue weighted by Crippen LogP contribution is -2.37. The predicted molar refractivity (Wildman–Crippen MR) is 54.2 cm³/mol. The molecule has 74 valence electrons. The summed E-state index contributed by atoms with van der Waals surface area (Å²) in [6, 6.07) is 6.22. The zero-order valence-electron chi connectivity index (χ0n) is 8.29. The maximum Gasteiger partial charge on any atom is 0.151 e.